The number of carboxylic acid groups (broad SMARTS) is 1. The molecule has 1 unspecified atom stereocenters. The molecule has 1 aromatic heterocycles. The smallest absolute Gasteiger partial charge is 0.306 e. The molecule has 0 spiro atoms. The van der Waals surface area contributed by atoms with E-state index in [1.165, 1.54) is 22.2 Å². The molecule has 1 aliphatic carbocycles. The summed E-state index contributed by atoms with van der Waals surface area (Å²) in [6.07, 6.45) is 2.26. The number of aliphatic carboxylic acids is 1. The molecule has 0 saturated carbocycles. The first-order chi connectivity index (χ1) is 8.58. The van der Waals surface area contributed by atoms with Gasteiger partial charge in [0.25, 0.3) is 0 Å². The molecule has 0 bridgehead atoms. The van der Waals surface area contributed by atoms with Gasteiger partial charge in [-0.05, 0) is 37.0 Å². The number of benzene rings is 1. The van der Waals surface area contributed by atoms with E-state index in [4.69, 9.17) is 0 Å². The lowest BCUT2D eigenvalue weighted by Gasteiger charge is -2.19. The fraction of sp³-hybridized carbons (Fsp3) is 0.357. The third-order valence-electron chi connectivity index (χ3n) is 3.93. The van der Waals surface area contributed by atoms with Gasteiger partial charge in [-0.25, -0.2) is 0 Å². The lowest BCUT2D eigenvalue weighted by molar-refractivity contribution is -0.142. The topological polar surface area (TPSA) is 42.2 Å². The molecule has 3 nitrogen and oxygen atoms in total. The third-order valence-corrected chi connectivity index (χ3v) is 4.42. The second kappa shape index (κ2) is 4.12. The Morgan fingerprint density at radius 1 is 1.50 bits per heavy atom. The maximum Gasteiger partial charge on any atom is 0.306 e. The zero-order valence-corrected chi connectivity index (χ0v) is 11.7. The lowest BCUT2D eigenvalue weighted by atomic mass is 9.86. The molecular weight excluding hydrogens is 294 g/mol. The van der Waals surface area contributed by atoms with Crippen molar-refractivity contribution in [3.63, 3.8) is 0 Å². The van der Waals surface area contributed by atoms with Crippen LogP contribution in [0.3, 0.4) is 0 Å². The van der Waals surface area contributed by atoms with Gasteiger partial charge in [0.1, 0.15) is 0 Å². The van der Waals surface area contributed by atoms with Gasteiger partial charge in [-0.3, -0.25) is 4.79 Å². The van der Waals surface area contributed by atoms with Gasteiger partial charge >= 0.3 is 5.97 Å². The van der Waals surface area contributed by atoms with Crippen molar-refractivity contribution in [3.05, 3.63) is 33.9 Å². The summed E-state index contributed by atoms with van der Waals surface area (Å²) in [7, 11) is 2.06. The molecule has 1 atom stereocenters. The highest BCUT2D eigenvalue weighted by Gasteiger charge is 2.28. The monoisotopic (exact) mass is 307 g/mol. The number of carbonyl (C=O) groups is 1. The lowest BCUT2D eigenvalue weighted by Crippen LogP contribution is -2.22. The first-order valence-corrected chi connectivity index (χ1v) is 6.85. The number of nitrogens with zero attached hydrogens (tertiary/aromatic N) is 1. The molecule has 0 fully saturated rings. The Kier molecular flexibility index (Phi) is 2.70. The zero-order valence-electron chi connectivity index (χ0n) is 10.1. The van der Waals surface area contributed by atoms with Gasteiger partial charge in [-0.2, -0.15) is 0 Å². The van der Waals surface area contributed by atoms with Crippen LogP contribution in [0.1, 0.15) is 17.7 Å². The molecule has 18 heavy (non-hydrogen) atoms. The quantitative estimate of drug-likeness (QED) is 0.879. The van der Waals surface area contributed by atoms with Crippen LogP contribution in [0.4, 0.5) is 0 Å². The fourth-order valence-corrected chi connectivity index (χ4v) is 3.31. The van der Waals surface area contributed by atoms with Gasteiger partial charge in [0.15, 0.2) is 0 Å². The molecule has 1 N–H and O–H groups in total. The van der Waals surface area contributed by atoms with E-state index < -0.39 is 5.97 Å². The number of fused-ring (bicyclic) bond motifs is 3. The van der Waals surface area contributed by atoms with Gasteiger partial charge in [0.05, 0.1) is 5.92 Å². The SMILES string of the molecule is Cn1c2c(c3ccc(Br)cc31)CC(C(=O)O)CC2. The van der Waals surface area contributed by atoms with Crippen LogP contribution < -0.4 is 0 Å². The first kappa shape index (κ1) is 11.8. The van der Waals surface area contributed by atoms with Gasteiger partial charge in [0.2, 0.25) is 0 Å². The van der Waals surface area contributed by atoms with E-state index in [-0.39, 0.29) is 5.92 Å². The summed E-state index contributed by atoms with van der Waals surface area (Å²) < 4.78 is 3.26. The summed E-state index contributed by atoms with van der Waals surface area (Å²) in [5, 5.41) is 10.4. The molecule has 0 aliphatic heterocycles. The first-order valence-electron chi connectivity index (χ1n) is 6.06. The van der Waals surface area contributed by atoms with Gasteiger partial charge < -0.3 is 9.67 Å². The number of aromatic nitrogens is 1. The van der Waals surface area contributed by atoms with Crippen molar-refractivity contribution in [1.82, 2.24) is 4.57 Å². The van der Waals surface area contributed by atoms with Crippen molar-refractivity contribution in [2.45, 2.75) is 19.3 Å². The number of halogens is 1. The maximum absolute atomic E-state index is 11.1. The summed E-state index contributed by atoms with van der Waals surface area (Å²) in [6, 6.07) is 6.21. The van der Waals surface area contributed by atoms with E-state index in [1.807, 2.05) is 6.07 Å². The Hall–Kier alpha value is -1.29. The summed E-state index contributed by atoms with van der Waals surface area (Å²) in [5.74, 6) is -0.901. The second-order valence-electron chi connectivity index (χ2n) is 4.92. The van der Waals surface area contributed by atoms with Crippen LogP contribution in [-0.2, 0) is 24.7 Å². The Balaban J connectivity index is 2.19. The van der Waals surface area contributed by atoms with Crippen LogP contribution in [0.5, 0.6) is 0 Å². The van der Waals surface area contributed by atoms with Crippen LogP contribution in [0.2, 0.25) is 0 Å². The van der Waals surface area contributed by atoms with E-state index in [0.717, 1.165) is 17.3 Å². The Labute approximate surface area is 114 Å². The van der Waals surface area contributed by atoms with Crippen LogP contribution in [0.15, 0.2) is 22.7 Å². The maximum atomic E-state index is 11.1. The Morgan fingerprint density at radius 3 is 3.00 bits per heavy atom. The molecule has 0 radical (unpaired) electrons. The fourth-order valence-electron chi connectivity index (χ4n) is 2.96. The van der Waals surface area contributed by atoms with Gasteiger partial charge in [0, 0.05) is 28.1 Å². The highest BCUT2D eigenvalue weighted by atomic mass is 79.9. The molecule has 4 heteroatoms. The largest absolute Gasteiger partial charge is 0.481 e. The summed E-state index contributed by atoms with van der Waals surface area (Å²) in [4.78, 5) is 11.1. The van der Waals surface area contributed by atoms with E-state index >= 15 is 0 Å². The van der Waals surface area contributed by atoms with Crippen LogP contribution in [-0.4, -0.2) is 15.6 Å². The normalized spacial score (nSPS) is 18.9. The minimum atomic E-state index is -0.672. The predicted molar refractivity (Wildman–Crippen MR) is 73.8 cm³/mol. The highest BCUT2D eigenvalue weighted by molar-refractivity contribution is 9.10. The molecule has 0 amide bonds. The molecule has 1 heterocycles. The number of hydrogen-bond acceptors (Lipinski definition) is 1. The predicted octanol–water partition coefficient (Wildman–Crippen LogP) is 3.13. The van der Waals surface area contributed by atoms with Crippen molar-refractivity contribution < 1.29 is 9.90 Å². The molecule has 94 valence electrons. The average Bonchev–Trinajstić information content (AvgIpc) is 2.62. The Bertz CT molecular complexity index is 645. The standard InChI is InChI=1S/C14H14BrNO2/c1-16-12-5-2-8(14(17)18)6-11(12)10-4-3-9(15)7-13(10)16/h3-4,7-8H,2,5-6H2,1H3,(H,17,18). The molecule has 0 saturated heterocycles. The molecule has 2 aromatic rings. The zero-order chi connectivity index (χ0) is 12.9. The number of carboxylic acids is 1. The Morgan fingerprint density at radius 2 is 2.28 bits per heavy atom. The van der Waals surface area contributed by atoms with Crippen LogP contribution >= 0.6 is 15.9 Å². The van der Waals surface area contributed by atoms with E-state index in [0.29, 0.717) is 6.42 Å². The van der Waals surface area contributed by atoms with Crippen molar-refractivity contribution in [1.29, 1.82) is 0 Å². The van der Waals surface area contributed by atoms with E-state index in [1.54, 1.807) is 0 Å². The van der Waals surface area contributed by atoms with Crippen molar-refractivity contribution >= 4 is 32.8 Å². The van der Waals surface area contributed by atoms with Crippen LogP contribution in [0.25, 0.3) is 10.9 Å². The summed E-state index contributed by atoms with van der Waals surface area (Å²) in [6.45, 7) is 0. The highest BCUT2D eigenvalue weighted by Crippen LogP contribution is 2.34. The number of aryl methyl sites for hydroxylation is 1. The molecular formula is C14H14BrNO2. The molecule has 1 aromatic carbocycles. The van der Waals surface area contributed by atoms with Crippen molar-refractivity contribution in [3.8, 4) is 0 Å². The molecule has 1 aliphatic rings. The number of hydrogen-bond donors (Lipinski definition) is 1. The third kappa shape index (κ3) is 1.67. The van der Waals surface area contributed by atoms with Gasteiger partial charge in [-0.15, -0.1) is 0 Å². The van der Waals surface area contributed by atoms with Gasteiger partial charge in [-0.1, -0.05) is 22.0 Å². The minimum absolute atomic E-state index is 0.230. The van der Waals surface area contributed by atoms with Crippen molar-refractivity contribution in [2.75, 3.05) is 0 Å². The second-order valence-corrected chi connectivity index (χ2v) is 5.84. The van der Waals surface area contributed by atoms with E-state index in [2.05, 4.69) is 39.7 Å². The minimum Gasteiger partial charge on any atom is -0.481 e. The van der Waals surface area contributed by atoms with E-state index in [9.17, 15) is 9.90 Å². The molecule has 3 rings (SSSR count). The van der Waals surface area contributed by atoms with Crippen molar-refractivity contribution in [2.24, 2.45) is 13.0 Å². The number of rotatable bonds is 1. The summed E-state index contributed by atoms with van der Waals surface area (Å²) >= 11 is 3.49. The van der Waals surface area contributed by atoms with Crippen LogP contribution in [0, 0.1) is 5.92 Å². The average molecular weight is 308 g/mol. The summed E-state index contributed by atoms with van der Waals surface area (Å²) in [5.41, 5.74) is 3.69.